The molecule has 96 valence electrons. The number of hydrogen-bond donors (Lipinski definition) is 0. The summed E-state index contributed by atoms with van der Waals surface area (Å²) in [4.78, 5) is 0. The predicted molar refractivity (Wildman–Crippen MR) is 70.4 cm³/mol. The van der Waals surface area contributed by atoms with Gasteiger partial charge in [0.15, 0.2) is 0 Å². The van der Waals surface area contributed by atoms with Crippen LogP contribution in [0.15, 0.2) is 18.2 Å². The van der Waals surface area contributed by atoms with Crippen molar-refractivity contribution < 1.29 is 13.2 Å². The first-order valence-electron chi connectivity index (χ1n) is 5.77. The van der Waals surface area contributed by atoms with Crippen LogP contribution < -0.4 is 4.74 Å². The van der Waals surface area contributed by atoms with Gasteiger partial charge in [-0.05, 0) is 37.8 Å². The number of ether oxygens (including phenoxy) is 1. The van der Waals surface area contributed by atoms with Crippen LogP contribution >= 0.6 is 0 Å². The van der Waals surface area contributed by atoms with Gasteiger partial charge in [-0.1, -0.05) is 18.2 Å². The molecule has 0 saturated heterocycles. The molecule has 0 aliphatic carbocycles. The quantitative estimate of drug-likeness (QED) is 0.734. The summed E-state index contributed by atoms with van der Waals surface area (Å²) in [6, 6.07) is 6.03. The third-order valence-electron chi connectivity index (χ3n) is 2.56. The standard InChI is InChI=1S/C13H20O3S/c1-11-7-6-8-12(2)13(11)16-9-4-5-10-17(3,14)15/h6-8H,4-5,9-10H2,1-3H3. The SMILES string of the molecule is Cc1cccc(C)c1OCCCCS(C)(=O)=O. The monoisotopic (exact) mass is 256 g/mol. The van der Waals surface area contributed by atoms with Crippen LogP contribution in [0.2, 0.25) is 0 Å². The number of hydrogen-bond acceptors (Lipinski definition) is 3. The summed E-state index contributed by atoms with van der Waals surface area (Å²) < 4.78 is 27.6. The second-order valence-electron chi connectivity index (χ2n) is 4.41. The molecule has 0 atom stereocenters. The lowest BCUT2D eigenvalue weighted by Gasteiger charge is -2.11. The maximum absolute atomic E-state index is 10.9. The van der Waals surface area contributed by atoms with E-state index in [9.17, 15) is 8.42 Å². The Bertz CT molecular complexity index is 443. The smallest absolute Gasteiger partial charge is 0.147 e. The summed E-state index contributed by atoms with van der Waals surface area (Å²) >= 11 is 0. The second kappa shape index (κ2) is 6.05. The topological polar surface area (TPSA) is 43.4 Å². The highest BCUT2D eigenvalue weighted by molar-refractivity contribution is 7.90. The van der Waals surface area contributed by atoms with Crippen LogP contribution in [-0.4, -0.2) is 27.0 Å². The minimum absolute atomic E-state index is 0.239. The third kappa shape index (κ3) is 5.22. The van der Waals surface area contributed by atoms with E-state index in [4.69, 9.17) is 4.74 Å². The normalized spacial score (nSPS) is 11.5. The van der Waals surface area contributed by atoms with Crippen molar-refractivity contribution >= 4 is 9.84 Å². The molecule has 0 saturated carbocycles. The zero-order valence-electron chi connectivity index (χ0n) is 10.7. The molecule has 0 amide bonds. The van der Waals surface area contributed by atoms with Crippen molar-refractivity contribution in [2.75, 3.05) is 18.6 Å². The number of sulfone groups is 1. The van der Waals surface area contributed by atoms with Gasteiger partial charge < -0.3 is 4.74 Å². The lowest BCUT2D eigenvalue weighted by molar-refractivity contribution is 0.305. The molecule has 0 spiro atoms. The molecule has 3 nitrogen and oxygen atoms in total. The van der Waals surface area contributed by atoms with Crippen LogP contribution in [0.5, 0.6) is 5.75 Å². The first kappa shape index (κ1) is 14.0. The fourth-order valence-electron chi connectivity index (χ4n) is 1.67. The fourth-order valence-corrected chi connectivity index (χ4v) is 2.40. The van der Waals surface area contributed by atoms with Crippen molar-refractivity contribution in [2.24, 2.45) is 0 Å². The molecule has 1 aromatic rings. The Morgan fingerprint density at radius 3 is 2.24 bits per heavy atom. The summed E-state index contributed by atoms with van der Waals surface area (Å²) in [6.45, 7) is 4.60. The number of unbranched alkanes of at least 4 members (excludes halogenated alkanes) is 1. The van der Waals surface area contributed by atoms with Crippen molar-refractivity contribution in [3.8, 4) is 5.75 Å². The van der Waals surface area contributed by atoms with Gasteiger partial charge >= 0.3 is 0 Å². The van der Waals surface area contributed by atoms with E-state index in [0.717, 1.165) is 23.3 Å². The van der Waals surface area contributed by atoms with E-state index >= 15 is 0 Å². The molecule has 0 aliphatic heterocycles. The van der Waals surface area contributed by atoms with Crippen LogP contribution in [0.1, 0.15) is 24.0 Å². The Morgan fingerprint density at radius 1 is 1.12 bits per heavy atom. The molecule has 4 heteroatoms. The number of rotatable bonds is 6. The highest BCUT2D eigenvalue weighted by atomic mass is 32.2. The molecular weight excluding hydrogens is 236 g/mol. The van der Waals surface area contributed by atoms with Crippen LogP contribution in [0.3, 0.4) is 0 Å². The van der Waals surface area contributed by atoms with Gasteiger partial charge in [0.2, 0.25) is 0 Å². The molecule has 0 aromatic heterocycles. The minimum atomic E-state index is -2.84. The number of para-hydroxylation sites is 1. The van der Waals surface area contributed by atoms with E-state index in [0.29, 0.717) is 13.0 Å². The van der Waals surface area contributed by atoms with Gasteiger partial charge in [-0.2, -0.15) is 0 Å². The Labute approximate surface area is 104 Å². The Hall–Kier alpha value is -1.03. The number of benzene rings is 1. The third-order valence-corrected chi connectivity index (χ3v) is 3.59. The lowest BCUT2D eigenvalue weighted by atomic mass is 10.1. The molecule has 0 heterocycles. The highest BCUT2D eigenvalue weighted by Crippen LogP contribution is 2.22. The van der Waals surface area contributed by atoms with E-state index in [1.165, 1.54) is 6.26 Å². The van der Waals surface area contributed by atoms with Gasteiger partial charge in [-0.3, -0.25) is 0 Å². The van der Waals surface area contributed by atoms with Crippen LogP contribution in [0.25, 0.3) is 0 Å². The summed E-state index contributed by atoms with van der Waals surface area (Å²) in [5, 5.41) is 0. The molecule has 1 rings (SSSR count). The molecular formula is C13H20O3S. The van der Waals surface area contributed by atoms with E-state index in [1.807, 2.05) is 32.0 Å². The molecule has 0 unspecified atom stereocenters. The van der Waals surface area contributed by atoms with Crippen LogP contribution in [0.4, 0.5) is 0 Å². The van der Waals surface area contributed by atoms with Crippen LogP contribution in [0, 0.1) is 13.8 Å². The zero-order valence-corrected chi connectivity index (χ0v) is 11.5. The highest BCUT2D eigenvalue weighted by Gasteiger charge is 2.04. The molecule has 0 fully saturated rings. The molecule has 1 aromatic carbocycles. The van der Waals surface area contributed by atoms with Crippen molar-refractivity contribution in [1.29, 1.82) is 0 Å². The summed E-state index contributed by atoms with van der Waals surface area (Å²) in [5.74, 6) is 1.16. The Balaban J connectivity index is 2.37. The van der Waals surface area contributed by atoms with Crippen molar-refractivity contribution in [1.82, 2.24) is 0 Å². The summed E-state index contributed by atoms with van der Waals surface area (Å²) in [5.41, 5.74) is 2.24. The first-order valence-corrected chi connectivity index (χ1v) is 7.83. The Kier molecular flexibility index (Phi) is 5.00. The number of aryl methyl sites for hydroxylation is 2. The van der Waals surface area contributed by atoms with E-state index in [-0.39, 0.29) is 5.75 Å². The predicted octanol–water partition coefficient (Wildman–Crippen LogP) is 2.51. The average molecular weight is 256 g/mol. The van der Waals surface area contributed by atoms with Gasteiger partial charge in [-0.25, -0.2) is 8.42 Å². The van der Waals surface area contributed by atoms with Gasteiger partial charge in [-0.15, -0.1) is 0 Å². The van der Waals surface area contributed by atoms with Crippen molar-refractivity contribution in [3.05, 3.63) is 29.3 Å². The maximum Gasteiger partial charge on any atom is 0.147 e. The van der Waals surface area contributed by atoms with Gasteiger partial charge in [0, 0.05) is 6.26 Å². The average Bonchev–Trinajstić information content (AvgIpc) is 2.20. The zero-order chi connectivity index (χ0) is 12.9. The molecule has 0 radical (unpaired) electrons. The molecule has 0 N–H and O–H groups in total. The lowest BCUT2D eigenvalue weighted by Crippen LogP contribution is -2.06. The van der Waals surface area contributed by atoms with Crippen molar-refractivity contribution in [2.45, 2.75) is 26.7 Å². The minimum Gasteiger partial charge on any atom is -0.493 e. The summed E-state index contributed by atoms with van der Waals surface area (Å²) in [6.07, 6.45) is 2.68. The largest absolute Gasteiger partial charge is 0.493 e. The Morgan fingerprint density at radius 2 is 1.71 bits per heavy atom. The molecule has 0 bridgehead atoms. The van der Waals surface area contributed by atoms with E-state index in [2.05, 4.69) is 0 Å². The fraction of sp³-hybridized carbons (Fsp3) is 0.538. The summed E-state index contributed by atoms with van der Waals surface area (Å²) in [7, 11) is -2.84. The van der Waals surface area contributed by atoms with Gasteiger partial charge in [0.25, 0.3) is 0 Å². The molecule has 0 aliphatic rings. The van der Waals surface area contributed by atoms with Crippen LogP contribution in [-0.2, 0) is 9.84 Å². The van der Waals surface area contributed by atoms with Gasteiger partial charge in [0.05, 0.1) is 12.4 Å². The van der Waals surface area contributed by atoms with Gasteiger partial charge in [0.1, 0.15) is 15.6 Å². The van der Waals surface area contributed by atoms with Crippen molar-refractivity contribution in [3.63, 3.8) is 0 Å². The maximum atomic E-state index is 10.9. The second-order valence-corrected chi connectivity index (χ2v) is 6.67. The van der Waals surface area contributed by atoms with E-state index < -0.39 is 9.84 Å². The first-order chi connectivity index (χ1) is 7.90. The molecule has 17 heavy (non-hydrogen) atoms. The van der Waals surface area contributed by atoms with E-state index in [1.54, 1.807) is 0 Å².